The second-order valence-corrected chi connectivity index (χ2v) is 8.83. The molecule has 0 saturated heterocycles. The minimum atomic E-state index is 0.401. The Bertz CT molecular complexity index is 1080. The van der Waals surface area contributed by atoms with Gasteiger partial charge in [0.05, 0.1) is 5.52 Å². The van der Waals surface area contributed by atoms with Crippen LogP contribution in [0.25, 0.3) is 10.9 Å². The third kappa shape index (κ3) is 4.58. The first-order valence-corrected chi connectivity index (χ1v) is 11.5. The highest BCUT2D eigenvalue weighted by Crippen LogP contribution is 2.31. The minimum absolute atomic E-state index is 0.401. The highest BCUT2D eigenvalue weighted by molar-refractivity contribution is 5.90. The van der Waals surface area contributed by atoms with Crippen LogP contribution in [0.2, 0.25) is 0 Å². The fraction of sp³-hybridized carbons (Fsp3) is 0.440. The molecule has 2 heterocycles. The van der Waals surface area contributed by atoms with E-state index in [4.69, 9.17) is 19.4 Å². The molecule has 0 bridgehead atoms. The van der Waals surface area contributed by atoms with Crippen molar-refractivity contribution in [3.63, 3.8) is 0 Å². The summed E-state index contributed by atoms with van der Waals surface area (Å²) in [6.07, 6.45) is 4.48. The lowest BCUT2D eigenvalue weighted by molar-refractivity contribution is 0.171. The predicted octanol–water partition coefficient (Wildman–Crippen LogP) is 3.98. The topological polar surface area (TPSA) is 71.5 Å². The number of ether oxygens (including phenoxy) is 2. The summed E-state index contributed by atoms with van der Waals surface area (Å²) in [5.74, 6) is 3.38. The Hall–Kier alpha value is -3.06. The van der Waals surface area contributed by atoms with Gasteiger partial charge in [-0.15, -0.1) is 0 Å². The summed E-state index contributed by atoms with van der Waals surface area (Å²) in [6.45, 7) is 2.10. The summed E-state index contributed by atoms with van der Waals surface area (Å²) >= 11 is 0. The van der Waals surface area contributed by atoms with Crippen molar-refractivity contribution in [2.45, 2.75) is 44.3 Å². The molecule has 0 spiro atoms. The molecule has 0 unspecified atom stereocenters. The number of rotatable bonds is 6. The molecular formula is C25H31N5O2. The second kappa shape index (κ2) is 9.20. The molecule has 1 saturated carbocycles. The average molecular weight is 434 g/mol. The van der Waals surface area contributed by atoms with E-state index in [0.717, 1.165) is 66.4 Å². The molecule has 5 rings (SSSR count). The summed E-state index contributed by atoms with van der Waals surface area (Å²) < 4.78 is 11.3. The van der Waals surface area contributed by atoms with Crippen LogP contribution in [0, 0.1) is 0 Å². The van der Waals surface area contributed by atoms with E-state index >= 15 is 0 Å². The zero-order valence-corrected chi connectivity index (χ0v) is 18.8. The maximum absolute atomic E-state index is 5.70. The summed E-state index contributed by atoms with van der Waals surface area (Å²) in [5, 5.41) is 8.38. The monoisotopic (exact) mass is 433 g/mol. The first kappa shape index (κ1) is 20.8. The fourth-order valence-corrected chi connectivity index (χ4v) is 4.55. The number of fused-ring (bicyclic) bond motifs is 2. The molecule has 1 fully saturated rings. The molecule has 3 aromatic rings. The number of anilines is 2. The molecule has 0 amide bonds. The van der Waals surface area contributed by atoms with Crippen molar-refractivity contribution in [3.05, 3.63) is 48.0 Å². The molecule has 0 atom stereocenters. The highest BCUT2D eigenvalue weighted by atomic mass is 16.6. The lowest BCUT2D eigenvalue weighted by Gasteiger charge is -2.30. The lowest BCUT2D eigenvalue weighted by atomic mass is 9.91. The third-order valence-corrected chi connectivity index (χ3v) is 6.27. The van der Waals surface area contributed by atoms with Gasteiger partial charge in [-0.1, -0.05) is 18.2 Å². The van der Waals surface area contributed by atoms with Gasteiger partial charge in [0.15, 0.2) is 11.5 Å². The van der Waals surface area contributed by atoms with Crippen LogP contribution >= 0.6 is 0 Å². The van der Waals surface area contributed by atoms with Crippen LogP contribution in [0.4, 0.5) is 11.8 Å². The largest absolute Gasteiger partial charge is 0.486 e. The Balaban J connectivity index is 1.16. The second-order valence-electron chi connectivity index (χ2n) is 8.83. The van der Waals surface area contributed by atoms with Gasteiger partial charge in [0.1, 0.15) is 19.0 Å². The number of benzene rings is 2. The van der Waals surface area contributed by atoms with E-state index in [9.17, 15) is 0 Å². The Morgan fingerprint density at radius 1 is 0.906 bits per heavy atom. The van der Waals surface area contributed by atoms with Crippen LogP contribution in [0.15, 0.2) is 42.5 Å². The first-order valence-electron chi connectivity index (χ1n) is 11.5. The Labute approximate surface area is 189 Å². The van der Waals surface area contributed by atoms with Crippen LogP contribution < -0.4 is 25.0 Å². The molecule has 2 N–H and O–H groups in total. The van der Waals surface area contributed by atoms with Gasteiger partial charge in [0.25, 0.3) is 0 Å². The molecule has 0 radical (unpaired) electrons. The van der Waals surface area contributed by atoms with Gasteiger partial charge in [-0.05, 0) is 55.5 Å². The van der Waals surface area contributed by atoms with Gasteiger partial charge in [-0.3, -0.25) is 0 Å². The maximum Gasteiger partial charge on any atom is 0.225 e. The van der Waals surface area contributed by atoms with Crippen molar-refractivity contribution in [2.24, 2.45) is 0 Å². The minimum Gasteiger partial charge on any atom is -0.486 e. The number of para-hydroxylation sites is 1. The van der Waals surface area contributed by atoms with Crippen LogP contribution in [0.3, 0.4) is 0 Å². The number of hydrogen-bond donors (Lipinski definition) is 2. The van der Waals surface area contributed by atoms with E-state index in [1.165, 1.54) is 5.56 Å². The number of nitrogens with one attached hydrogen (secondary N) is 2. The normalized spacial score (nSPS) is 20.2. The SMILES string of the molecule is CN(C)c1nc(N[C@H]2CC[C@@H](NCc3ccc4c(c3)OCCO4)CC2)nc2ccccc12. The molecule has 7 heteroatoms. The Kier molecular flexibility index (Phi) is 5.99. The Morgan fingerprint density at radius 3 is 2.47 bits per heavy atom. The molecule has 2 aliphatic rings. The number of nitrogens with zero attached hydrogens (tertiary/aromatic N) is 3. The van der Waals surface area contributed by atoms with Crippen molar-refractivity contribution in [1.29, 1.82) is 0 Å². The molecule has 7 nitrogen and oxygen atoms in total. The predicted molar refractivity (Wildman–Crippen MR) is 128 cm³/mol. The van der Waals surface area contributed by atoms with Gasteiger partial charge < -0.3 is 25.0 Å². The smallest absolute Gasteiger partial charge is 0.225 e. The first-order chi connectivity index (χ1) is 15.7. The van der Waals surface area contributed by atoms with Crippen LogP contribution in [-0.4, -0.2) is 49.4 Å². The number of aromatic nitrogens is 2. The molecule has 2 aromatic carbocycles. The van der Waals surface area contributed by atoms with E-state index in [1.807, 2.05) is 43.3 Å². The summed E-state index contributed by atoms with van der Waals surface area (Å²) in [7, 11) is 4.05. The van der Waals surface area contributed by atoms with Gasteiger partial charge in [-0.25, -0.2) is 4.98 Å². The summed E-state index contributed by atoms with van der Waals surface area (Å²) in [5.41, 5.74) is 2.21. The van der Waals surface area contributed by atoms with Gasteiger partial charge in [0.2, 0.25) is 5.95 Å². The van der Waals surface area contributed by atoms with Crippen LogP contribution in [0.1, 0.15) is 31.2 Å². The van der Waals surface area contributed by atoms with E-state index in [2.05, 4.69) is 28.8 Å². The van der Waals surface area contributed by atoms with Gasteiger partial charge in [0, 0.05) is 38.1 Å². The van der Waals surface area contributed by atoms with E-state index in [1.54, 1.807) is 0 Å². The molecule has 32 heavy (non-hydrogen) atoms. The van der Waals surface area contributed by atoms with Crippen molar-refractivity contribution in [1.82, 2.24) is 15.3 Å². The van der Waals surface area contributed by atoms with E-state index in [-0.39, 0.29) is 0 Å². The van der Waals surface area contributed by atoms with Crippen molar-refractivity contribution in [2.75, 3.05) is 37.5 Å². The zero-order chi connectivity index (χ0) is 21.9. The van der Waals surface area contributed by atoms with E-state index in [0.29, 0.717) is 25.3 Å². The average Bonchev–Trinajstić information content (AvgIpc) is 2.83. The summed E-state index contributed by atoms with van der Waals surface area (Å²) in [6, 6.07) is 15.3. The molecule has 1 aliphatic heterocycles. The van der Waals surface area contributed by atoms with Crippen molar-refractivity contribution < 1.29 is 9.47 Å². The highest BCUT2D eigenvalue weighted by Gasteiger charge is 2.22. The standard InChI is InChI=1S/C25H31N5O2/c1-30(2)24-20-5-3-4-6-21(20)28-25(29-24)27-19-10-8-18(9-11-19)26-16-17-7-12-22-23(15-17)32-14-13-31-22/h3-7,12,15,18-19,26H,8-11,13-14,16H2,1-2H3,(H,27,28,29)/t18-,19+. The molecule has 1 aromatic heterocycles. The van der Waals surface area contributed by atoms with Crippen molar-refractivity contribution >= 4 is 22.7 Å². The number of hydrogen-bond acceptors (Lipinski definition) is 7. The lowest BCUT2D eigenvalue weighted by Crippen LogP contribution is -2.37. The molecule has 1 aliphatic carbocycles. The van der Waals surface area contributed by atoms with E-state index < -0.39 is 0 Å². The van der Waals surface area contributed by atoms with Crippen molar-refractivity contribution in [3.8, 4) is 11.5 Å². The fourth-order valence-electron chi connectivity index (χ4n) is 4.55. The van der Waals surface area contributed by atoms with Gasteiger partial charge >= 0.3 is 0 Å². The van der Waals surface area contributed by atoms with Gasteiger partial charge in [-0.2, -0.15) is 4.98 Å². The molecule has 168 valence electrons. The van der Waals surface area contributed by atoms with Crippen LogP contribution in [-0.2, 0) is 6.54 Å². The summed E-state index contributed by atoms with van der Waals surface area (Å²) in [4.78, 5) is 11.6. The van der Waals surface area contributed by atoms with Crippen LogP contribution in [0.5, 0.6) is 11.5 Å². The quantitative estimate of drug-likeness (QED) is 0.609. The maximum atomic E-state index is 5.70. The molecular weight excluding hydrogens is 402 g/mol. The third-order valence-electron chi connectivity index (χ3n) is 6.27. The Morgan fingerprint density at radius 2 is 1.66 bits per heavy atom. The zero-order valence-electron chi connectivity index (χ0n) is 18.8.